The summed E-state index contributed by atoms with van der Waals surface area (Å²) in [4.78, 5) is 18.8. The predicted molar refractivity (Wildman–Crippen MR) is 85.9 cm³/mol. The minimum Gasteiger partial charge on any atom is -0.396 e. The fourth-order valence-electron chi connectivity index (χ4n) is 3.41. The molecule has 0 spiro atoms. The first-order valence-corrected chi connectivity index (χ1v) is 8.41. The van der Waals surface area contributed by atoms with Crippen LogP contribution in [0.2, 0.25) is 0 Å². The van der Waals surface area contributed by atoms with Gasteiger partial charge in [0, 0.05) is 25.4 Å². The third-order valence-electron chi connectivity index (χ3n) is 4.81. The van der Waals surface area contributed by atoms with Gasteiger partial charge in [0.2, 0.25) is 0 Å². The van der Waals surface area contributed by atoms with Gasteiger partial charge >= 0.3 is 6.03 Å². The summed E-state index contributed by atoms with van der Waals surface area (Å²) in [6, 6.07) is 2.03. The molecule has 0 saturated carbocycles. The van der Waals surface area contributed by atoms with Crippen molar-refractivity contribution in [2.75, 3.05) is 25.0 Å². The number of fused-ring (bicyclic) bond motifs is 1. The molecule has 1 aromatic heterocycles. The molecule has 5 nitrogen and oxygen atoms in total. The second kappa shape index (κ2) is 7.09. The van der Waals surface area contributed by atoms with E-state index in [4.69, 9.17) is 0 Å². The summed E-state index contributed by atoms with van der Waals surface area (Å²) < 4.78 is 0. The Bertz CT molecular complexity index is 533. The first-order valence-electron chi connectivity index (χ1n) is 8.41. The Hall–Kier alpha value is -1.62. The minimum atomic E-state index is -0.0452. The molecule has 5 heteroatoms. The Morgan fingerprint density at radius 1 is 1.27 bits per heavy atom. The standard InChI is InChI=1S/C17H25N3O2/c21-12-13-4-3-8-20(9-7-13)17(22)19-15-10-14-5-1-2-6-16(14)18-11-15/h10-11,13,21H,1-9,12H2,(H,19,22). The highest BCUT2D eigenvalue weighted by atomic mass is 16.3. The number of likely N-dealkylation sites (tertiary alicyclic amines) is 1. The van der Waals surface area contributed by atoms with E-state index in [9.17, 15) is 9.90 Å². The zero-order valence-electron chi connectivity index (χ0n) is 13.1. The summed E-state index contributed by atoms with van der Waals surface area (Å²) in [5.41, 5.74) is 3.26. The van der Waals surface area contributed by atoms with Crippen molar-refractivity contribution in [1.82, 2.24) is 9.88 Å². The van der Waals surface area contributed by atoms with Crippen molar-refractivity contribution < 1.29 is 9.90 Å². The number of hydrogen-bond acceptors (Lipinski definition) is 3. The van der Waals surface area contributed by atoms with Crippen LogP contribution < -0.4 is 5.32 Å². The molecule has 2 N–H and O–H groups in total. The van der Waals surface area contributed by atoms with E-state index in [1.165, 1.54) is 24.1 Å². The molecule has 0 bridgehead atoms. The van der Waals surface area contributed by atoms with E-state index in [2.05, 4.69) is 16.4 Å². The van der Waals surface area contributed by atoms with Crippen molar-refractivity contribution in [3.05, 3.63) is 23.5 Å². The lowest BCUT2D eigenvalue weighted by Gasteiger charge is -2.22. The molecule has 1 fully saturated rings. The largest absolute Gasteiger partial charge is 0.396 e. The van der Waals surface area contributed by atoms with Gasteiger partial charge in [-0.3, -0.25) is 4.98 Å². The lowest BCUT2D eigenvalue weighted by molar-refractivity contribution is 0.202. The molecule has 1 saturated heterocycles. The van der Waals surface area contributed by atoms with Crippen LogP contribution in [-0.2, 0) is 12.8 Å². The Morgan fingerprint density at radius 2 is 2.14 bits per heavy atom. The fraction of sp³-hybridized carbons (Fsp3) is 0.647. The van der Waals surface area contributed by atoms with Crippen LogP contribution in [0, 0.1) is 5.92 Å². The SMILES string of the molecule is O=C(Nc1cnc2c(c1)CCCC2)N1CCCC(CO)CC1. The van der Waals surface area contributed by atoms with Crippen LogP contribution in [0.3, 0.4) is 0 Å². The second-order valence-corrected chi connectivity index (χ2v) is 6.43. The van der Waals surface area contributed by atoms with Gasteiger partial charge < -0.3 is 15.3 Å². The molecule has 2 heterocycles. The number of urea groups is 1. The lowest BCUT2D eigenvalue weighted by atomic mass is 9.96. The van der Waals surface area contributed by atoms with E-state index in [-0.39, 0.29) is 12.6 Å². The topological polar surface area (TPSA) is 65.5 Å². The molecule has 0 aromatic carbocycles. The number of rotatable bonds is 2. The number of pyridine rings is 1. The number of aryl methyl sites for hydroxylation is 2. The van der Waals surface area contributed by atoms with Crippen LogP contribution in [0.5, 0.6) is 0 Å². The number of nitrogens with zero attached hydrogens (tertiary/aromatic N) is 2. The van der Waals surface area contributed by atoms with E-state index in [0.717, 1.165) is 50.9 Å². The van der Waals surface area contributed by atoms with E-state index < -0.39 is 0 Å². The maximum atomic E-state index is 12.4. The van der Waals surface area contributed by atoms with Crippen LogP contribution in [-0.4, -0.2) is 40.7 Å². The summed E-state index contributed by atoms with van der Waals surface area (Å²) in [5, 5.41) is 12.2. The summed E-state index contributed by atoms with van der Waals surface area (Å²) in [6.45, 7) is 1.71. The van der Waals surface area contributed by atoms with Gasteiger partial charge in [0.15, 0.2) is 0 Å². The lowest BCUT2D eigenvalue weighted by Crippen LogP contribution is -2.35. The van der Waals surface area contributed by atoms with Gasteiger partial charge in [-0.2, -0.15) is 0 Å². The maximum Gasteiger partial charge on any atom is 0.321 e. The van der Waals surface area contributed by atoms with Gasteiger partial charge in [-0.15, -0.1) is 0 Å². The molecule has 1 aromatic rings. The molecule has 0 radical (unpaired) electrons. The van der Waals surface area contributed by atoms with E-state index in [1.54, 1.807) is 6.20 Å². The number of aliphatic hydroxyl groups excluding tert-OH is 1. The number of anilines is 1. The fourth-order valence-corrected chi connectivity index (χ4v) is 3.41. The first kappa shape index (κ1) is 15.3. The maximum absolute atomic E-state index is 12.4. The van der Waals surface area contributed by atoms with E-state index in [0.29, 0.717) is 5.92 Å². The van der Waals surface area contributed by atoms with Gasteiger partial charge in [0.25, 0.3) is 0 Å². The van der Waals surface area contributed by atoms with Gasteiger partial charge in [-0.05, 0) is 62.5 Å². The average molecular weight is 303 g/mol. The molecular formula is C17H25N3O2. The van der Waals surface area contributed by atoms with Crippen molar-refractivity contribution in [2.24, 2.45) is 5.92 Å². The molecule has 1 aliphatic heterocycles. The molecule has 1 atom stereocenters. The smallest absolute Gasteiger partial charge is 0.321 e. The van der Waals surface area contributed by atoms with Crippen molar-refractivity contribution in [2.45, 2.75) is 44.9 Å². The third kappa shape index (κ3) is 3.58. The monoisotopic (exact) mass is 303 g/mol. The molecule has 2 amide bonds. The van der Waals surface area contributed by atoms with Crippen molar-refractivity contribution >= 4 is 11.7 Å². The Kier molecular flexibility index (Phi) is 4.93. The highest BCUT2D eigenvalue weighted by Crippen LogP contribution is 2.23. The van der Waals surface area contributed by atoms with Gasteiger partial charge in [-0.1, -0.05) is 0 Å². The zero-order chi connectivity index (χ0) is 15.4. The quantitative estimate of drug-likeness (QED) is 0.882. The number of carbonyl (C=O) groups excluding carboxylic acids is 1. The van der Waals surface area contributed by atoms with Crippen LogP contribution >= 0.6 is 0 Å². The zero-order valence-corrected chi connectivity index (χ0v) is 13.1. The summed E-state index contributed by atoms with van der Waals surface area (Å²) in [5.74, 6) is 0.336. The first-order chi connectivity index (χ1) is 10.8. The third-order valence-corrected chi connectivity index (χ3v) is 4.81. The Morgan fingerprint density at radius 3 is 3.00 bits per heavy atom. The van der Waals surface area contributed by atoms with Gasteiger partial charge in [-0.25, -0.2) is 4.79 Å². The number of aromatic nitrogens is 1. The van der Waals surface area contributed by atoms with Crippen molar-refractivity contribution in [3.8, 4) is 0 Å². The van der Waals surface area contributed by atoms with E-state index >= 15 is 0 Å². The second-order valence-electron chi connectivity index (χ2n) is 6.43. The van der Waals surface area contributed by atoms with Crippen molar-refractivity contribution in [3.63, 3.8) is 0 Å². The van der Waals surface area contributed by atoms with Crippen molar-refractivity contribution in [1.29, 1.82) is 0 Å². The molecule has 1 aliphatic carbocycles. The number of hydrogen-bond donors (Lipinski definition) is 2. The molecule has 2 aliphatic rings. The molecule has 120 valence electrons. The summed E-state index contributed by atoms with van der Waals surface area (Å²) in [6.07, 6.45) is 9.16. The molecule has 1 unspecified atom stereocenters. The molecule has 22 heavy (non-hydrogen) atoms. The van der Waals surface area contributed by atoms with Crippen LogP contribution in [0.15, 0.2) is 12.3 Å². The van der Waals surface area contributed by atoms with Gasteiger partial charge in [0.1, 0.15) is 0 Å². The average Bonchev–Trinajstić information content (AvgIpc) is 2.80. The van der Waals surface area contributed by atoms with E-state index in [1.807, 2.05) is 4.90 Å². The number of carbonyl (C=O) groups is 1. The highest BCUT2D eigenvalue weighted by Gasteiger charge is 2.20. The van der Waals surface area contributed by atoms with Crippen LogP contribution in [0.1, 0.15) is 43.4 Å². The minimum absolute atomic E-state index is 0.0452. The van der Waals surface area contributed by atoms with Gasteiger partial charge in [0.05, 0.1) is 11.9 Å². The predicted octanol–water partition coefficient (Wildman–Crippen LogP) is 2.59. The number of amides is 2. The number of nitrogens with one attached hydrogen (secondary N) is 1. The van der Waals surface area contributed by atoms with Crippen LogP contribution in [0.25, 0.3) is 0 Å². The normalized spacial score (nSPS) is 21.9. The summed E-state index contributed by atoms with van der Waals surface area (Å²) >= 11 is 0. The molecule has 3 rings (SSSR count). The summed E-state index contributed by atoms with van der Waals surface area (Å²) in [7, 11) is 0. The van der Waals surface area contributed by atoms with Crippen LogP contribution in [0.4, 0.5) is 10.5 Å². The Balaban J connectivity index is 1.61. The number of aliphatic hydroxyl groups is 1. The highest BCUT2D eigenvalue weighted by molar-refractivity contribution is 5.89. The Labute approximate surface area is 131 Å². The molecular weight excluding hydrogens is 278 g/mol.